The van der Waals surface area contributed by atoms with Gasteiger partial charge in [0.25, 0.3) is 0 Å². The lowest BCUT2D eigenvalue weighted by Crippen LogP contribution is -2.62. The van der Waals surface area contributed by atoms with Crippen molar-refractivity contribution in [3.8, 4) is 28.7 Å². The number of hydrogen-bond donors (Lipinski definition) is 7. The maximum Gasteiger partial charge on any atom is 0.331 e. The molecule has 0 bridgehead atoms. The summed E-state index contributed by atoms with van der Waals surface area (Å²) in [5.41, 5.74) is 1.91. The van der Waals surface area contributed by atoms with Crippen molar-refractivity contribution in [2.24, 2.45) is 0 Å². The highest BCUT2D eigenvalue weighted by atomic mass is 16.7. The Bertz CT molecular complexity index is 1710. The third-order valence-corrected chi connectivity index (χ3v) is 8.50. The first kappa shape index (κ1) is 38.5. The highest BCUT2D eigenvalue weighted by Gasteiger charge is 2.49. The normalized spacial score (nSPS) is 29.2. The van der Waals surface area contributed by atoms with Gasteiger partial charge in [0.1, 0.15) is 53.9 Å². The van der Waals surface area contributed by atoms with Gasteiger partial charge in [0.05, 0.1) is 26.9 Å². The number of carbonyl (C=O) groups is 1. The number of phenols is 2. The summed E-state index contributed by atoms with van der Waals surface area (Å²) in [5, 5.41) is 72.4. The van der Waals surface area contributed by atoms with E-state index >= 15 is 0 Å². The van der Waals surface area contributed by atoms with Gasteiger partial charge in [-0.3, -0.25) is 0 Å². The van der Waals surface area contributed by atoms with E-state index in [0.29, 0.717) is 16.9 Å². The van der Waals surface area contributed by atoms with Gasteiger partial charge in [-0.2, -0.15) is 0 Å². The first-order valence-corrected chi connectivity index (χ1v) is 16.3. The summed E-state index contributed by atoms with van der Waals surface area (Å²) in [6, 6.07) is 15.8. The Morgan fingerprint density at radius 3 is 2.12 bits per heavy atom. The number of methoxy groups -OCH3 is 2. The molecule has 0 aromatic heterocycles. The first-order valence-electron chi connectivity index (χ1n) is 16.3. The molecule has 15 nitrogen and oxygen atoms in total. The molecule has 5 rings (SSSR count). The average molecular weight is 727 g/mol. The summed E-state index contributed by atoms with van der Waals surface area (Å²) >= 11 is 0. The molecule has 10 atom stereocenters. The zero-order valence-electron chi connectivity index (χ0n) is 28.5. The minimum absolute atomic E-state index is 0.0957. The second kappa shape index (κ2) is 17.2. The van der Waals surface area contributed by atoms with Crippen LogP contribution in [0.4, 0.5) is 0 Å². The van der Waals surface area contributed by atoms with Crippen LogP contribution in [0, 0.1) is 0 Å². The maximum atomic E-state index is 13.0. The van der Waals surface area contributed by atoms with Crippen LogP contribution in [0.15, 0.2) is 66.7 Å². The zero-order chi connectivity index (χ0) is 37.5. The Balaban J connectivity index is 1.38. The Morgan fingerprint density at radius 1 is 0.712 bits per heavy atom. The standard InChI is InChI=1S/C37H42O15/c1-19-30(41)32(43)34(45)36(49-19)48-18-28-31(42)33(44)35(52-29(40)13-9-21-8-12-26(39)27(16-21)47-3)37(51-28)50-25-15-22(14-24(17-25)46-2)5-4-20-6-10-23(38)11-7-20/h4-17,19,28,30-39,41-45H,18H2,1-3H3. The smallest absolute Gasteiger partial charge is 0.331 e. The molecule has 10 unspecified atom stereocenters. The molecule has 2 saturated heterocycles. The fourth-order valence-electron chi connectivity index (χ4n) is 5.53. The van der Waals surface area contributed by atoms with Crippen molar-refractivity contribution in [2.75, 3.05) is 20.8 Å². The number of ether oxygens (including phenoxy) is 7. The first-order chi connectivity index (χ1) is 24.9. The van der Waals surface area contributed by atoms with Gasteiger partial charge < -0.3 is 68.9 Å². The lowest BCUT2D eigenvalue weighted by atomic mass is 9.98. The second-order valence-electron chi connectivity index (χ2n) is 12.2. The number of carbonyl (C=O) groups excluding carboxylic acids is 1. The summed E-state index contributed by atoms with van der Waals surface area (Å²) in [7, 11) is 2.83. The quantitative estimate of drug-likeness (QED) is 0.0800. The average Bonchev–Trinajstić information content (AvgIpc) is 3.14. The Kier molecular flexibility index (Phi) is 12.7. The molecule has 52 heavy (non-hydrogen) atoms. The number of esters is 1. The van der Waals surface area contributed by atoms with E-state index in [0.717, 1.165) is 11.6 Å². The van der Waals surface area contributed by atoms with Gasteiger partial charge in [-0.15, -0.1) is 0 Å². The van der Waals surface area contributed by atoms with Crippen molar-refractivity contribution in [3.63, 3.8) is 0 Å². The molecule has 0 radical (unpaired) electrons. The van der Waals surface area contributed by atoms with E-state index < -0.39 is 74.0 Å². The molecule has 7 N–H and O–H groups in total. The van der Waals surface area contributed by atoms with Crippen molar-refractivity contribution in [1.82, 2.24) is 0 Å². The molecule has 2 aliphatic heterocycles. The van der Waals surface area contributed by atoms with Crippen LogP contribution in [0.25, 0.3) is 18.2 Å². The molecule has 280 valence electrons. The van der Waals surface area contributed by atoms with Gasteiger partial charge in [-0.05, 0) is 66.1 Å². The summed E-state index contributed by atoms with van der Waals surface area (Å²) in [4.78, 5) is 13.0. The van der Waals surface area contributed by atoms with Gasteiger partial charge in [-0.25, -0.2) is 4.79 Å². The van der Waals surface area contributed by atoms with Gasteiger partial charge in [0.15, 0.2) is 23.9 Å². The van der Waals surface area contributed by atoms with E-state index in [9.17, 15) is 40.5 Å². The third kappa shape index (κ3) is 9.39. The van der Waals surface area contributed by atoms with E-state index in [1.54, 1.807) is 48.6 Å². The number of aliphatic hydroxyl groups excluding tert-OH is 5. The predicted octanol–water partition coefficient (Wildman–Crippen LogP) is 1.58. The monoisotopic (exact) mass is 726 g/mol. The van der Waals surface area contributed by atoms with Crippen molar-refractivity contribution in [2.45, 2.75) is 68.3 Å². The lowest BCUT2D eigenvalue weighted by molar-refractivity contribution is -0.319. The molecule has 2 aliphatic rings. The summed E-state index contributed by atoms with van der Waals surface area (Å²) in [6.45, 7) is 0.987. The SMILES string of the molecule is COc1cc(C=Cc2ccc(O)cc2)cc(OC2OC(COC3OC(C)C(O)C(O)C3O)C(O)C(O)C2OC(=O)C=Cc2ccc(O)c(OC)c2)c1. The number of benzene rings is 3. The molecule has 0 amide bonds. The zero-order valence-corrected chi connectivity index (χ0v) is 28.5. The lowest BCUT2D eigenvalue weighted by Gasteiger charge is -2.43. The largest absolute Gasteiger partial charge is 0.508 e. The van der Waals surface area contributed by atoms with E-state index in [4.69, 9.17) is 33.2 Å². The van der Waals surface area contributed by atoms with Crippen LogP contribution in [-0.2, 0) is 23.7 Å². The van der Waals surface area contributed by atoms with Crippen molar-refractivity contribution < 1.29 is 73.7 Å². The van der Waals surface area contributed by atoms with Crippen LogP contribution in [0.1, 0.15) is 23.6 Å². The number of aromatic hydroxyl groups is 2. The fraction of sp³-hybridized carbons (Fsp3) is 0.378. The number of aliphatic hydroxyl groups is 5. The number of hydrogen-bond acceptors (Lipinski definition) is 15. The molecule has 2 heterocycles. The Hall–Kier alpha value is -4.71. The van der Waals surface area contributed by atoms with Crippen LogP contribution in [0.2, 0.25) is 0 Å². The molecule has 0 saturated carbocycles. The molecule has 3 aromatic carbocycles. The Labute approximate surface area is 299 Å². The van der Waals surface area contributed by atoms with E-state index in [-0.39, 0.29) is 23.0 Å². The molecular weight excluding hydrogens is 684 g/mol. The molecule has 2 fully saturated rings. The second-order valence-corrected chi connectivity index (χ2v) is 12.2. The highest BCUT2D eigenvalue weighted by molar-refractivity contribution is 5.87. The highest BCUT2D eigenvalue weighted by Crippen LogP contribution is 2.32. The molecule has 3 aromatic rings. The van der Waals surface area contributed by atoms with Crippen LogP contribution in [0.5, 0.6) is 28.7 Å². The maximum absolute atomic E-state index is 13.0. The third-order valence-electron chi connectivity index (χ3n) is 8.50. The van der Waals surface area contributed by atoms with E-state index in [1.165, 1.54) is 51.5 Å². The van der Waals surface area contributed by atoms with Gasteiger partial charge in [-0.1, -0.05) is 30.4 Å². The van der Waals surface area contributed by atoms with Gasteiger partial charge >= 0.3 is 5.97 Å². The van der Waals surface area contributed by atoms with Gasteiger partial charge in [0.2, 0.25) is 6.29 Å². The minimum Gasteiger partial charge on any atom is -0.508 e. The molecule has 0 spiro atoms. The van der Waals surface area contributed by atoms with Crippen LogP contribution < -0.4 is 14.2 Å². The summed E-state index contributed by atoms with van der Waals surface area (Å²) in [6.07, 6.45) is -8.81. The van der Waals surface area contributed by atoms with E-state index in [1.807, 2.05) is 0 Å². The molecule has 0 aliphatic carbocycles. The fourth-order valence-corrected chi connectivity index (χ4v) is 5.53. The predicted molar refractivity (Wildman–Crippen MR) is 183 cm³/mol. The minimum atomic E-state index is -1.78. The van der Waals surface area contributed by atoms with Crippen molar-refractivity contribution in [1.29, 1.82) is 0 Å². The topological polar surface area (TPSA) is 223 Å². The Morgan fingerprint density at radius 2 is 1.40 bits per heavy atom. The number of rotatable bonds is 12. The summed E-state index contributed by atoms with van der Waals surface area (Å²) < 4.78 is 39.4. The van der Waals surface area contributed by atoms with Crippen molar-refractivity contribution >= 4 is 24.2 Å². The molecule has 15 heteroatoms. The van der Waals surface area contributed by atoms with Crippen LogP contribution in [0.3, 0.4) is 0 Å². The van der Waals surface area contributed by atoms with Gasteiger partial charge in [0, 0.05) is 12.1 Å². The number of phenolic OH excluding ortho intramolecular Hbond substituents is 2. The van der Waals surface area contributed by atoms with Crippen molar-refractivity contribution in [3.05, 3.63) is 83.4 Å². The van der Waals surface area contributed by atoms with Crippen LogP contribution in [-0.4, -0.2) is 124 Å². The molecular formula is C37H42O15. The summed E-state index contributed by atoms with van der Waals surface area (Å²) in [5.74, 6) is -0.170. The van der Waals surface area contributed by atoms with E-state index in [2.05, 4.69) is 0 Å². The van der Waals surface area contributed by atoms with Crippen LogP contribution >= 0.6 is 0 Å².